The number of aromatic nitrogens is 4. The molecule has 0 aliphatic rings. The summed E-state index contributed by atoms with van der Waals surface area (Å²) in [6.45, 7) is 0.327. The fourth-order valence-corrected chi connectivity index (χ4v) is 3.27. The monoisotopic (exact) mass is 416 g/mol. The van der Waals surface area contributed by atoms with Crippen molar-refractivity contribution in [2.75, 3.05) is 14.2 Å². The molecule has 4 rings (SSSR count). The summed E-state index contributed by atoms with van der Waals surface area (Å²) in [7, 11) is 2.78. The van der Waals surface area contributed by atoms with Gasteiger partial charge in [0, 0.05) is 0 Å². The number of ether oxygens (including phenoxy) is 2. The van der Waals surface area contributed by atoms with Crippen molar-refractivity contribution < 1.29 is 14.3 Å². The van der Waals surface area contributed by atoms with Crippen molar-refractivity contribution in [1.82, 2.24) is 19.6 Å². The molecule has 0 N–H and O–H groups in total. The standard InChI is InChI=1S/C23H20N4O4/c1-30-20-15-26(14-16-7-6-8-17(13-16)23(29)31-2)25-21(22(20)28)19-11-12-24-27(19)18-9-4-3-5-10-18/h3-13,15H,14H2,1-2H3. The first-order chi connectivity index (χ1) is 15.1. The summed E-state index contributed by atoms with van der Waals surface area (Å²) in [4.78, 5) is 24.8. The molecule has 0 atom stereocenters. The highest BCUT2D eigenvalue weighted by molar-refractivity contribution is 5.89. The second-order valence-corrected chi connectivity index (χ2v) is 6.73. The van der Waals surface area contributed by atoms with Crippen molar-refractivity contribution in [2.45, 2.75) is 6.54 Å². The van der Waals surface area contributed by atoms with E-state index in [-0.39, 0.29) is 16.9 Å². The van der Waals surface area contributed by atoms with Crippen molar-refractivity contribution in [2.24, 2.45) is 0 Å². The number of para-hydroxylation sites is 1. The fraction of sp³-hybridized carbons (Fsp3) is 0.130. The third-order valence-corrected chi connectivity index (χ3v) is 4.73. The number of hydrogen-bond donors (Lipinski definition) is 0. The van der Waals surface area contributed by atoms with Crippen LogP contribution in [0.5, 0.6) is 5.75 Å². The van der Waals surface area contributed by atoms with E-state index in [0.29, 0.717) is 17.8 Å². The second-order valence-electron chi connectivity index (χ2n) is 6.73. The van der Waals surface area contributed by atoms with Gasteiger partial charge in [-0.15, -0.1) is 0 Å². The number of nitrogens with zero attached hydrogens (tertiary/aromatic N) is 4. The molecule has 2 aromatic heterocycles. The maximum atomic E-state index is 13.0. The molecule has 2 heterocycles. The van der Waals surface area contributed by atoms with E-state index in [1.54, 1.807) is 46.0 Å². The number of methoxy groups -OCH3 is 2. The van der Waals surface area contributed by atoms with Crippen LogP contribution in [-0.4, -0.2) is 39.7 Å². The normalized spacial score (nSPS) is 10.6. The maximum Gasteiger partial charge on any atom is 0.337 e. The molecule has 0 amide bonds. The number of hydrogen-bond acceptors (Lipinski definition) is 6. The van der Waals surface area contributed by atoms with Gasteiger partial charge in [-0.05, 0) is 35.9 Å². The van der Waals surface area contributed by atoms with E-state index in [2.05, 4.69) is 10.2 Å². The van der Waals surface area contributed by atoms with Crippen LogP contribution in [0.3, 0.4) is 0 Å². The summed E-state index contributed by atoms with van der Waals surface area (Å²) in [6.07, 6.45) is 3.16. The Kier molecular flexibility index (Phi) is 5.61. The van der Waals surface area contributed by atoms with Gasteiger partial charge in [0.1, 0.15) is 0 Å². The molecule has 0 fully saturated rings. The number of rotatable bonds is 6. The minimum Gasteiger partial charge on any atom is -0.491 e. The topological polar surface area (TPSA) is 88.2 Å². The van der Waals surface area contributed by atoms with Crippen molar-refractivity contribution >= 4 is 5.97 Å². The molecule has 4 aromatic rings. The number of carbonyl (C=O) groups excluding carboxylic acids is 1. The van der Waals surface area contributed by atoms with Gasteiger partial charge in [0.25, 0.3) is 5.43 Å². The van der Waals surface area contributed by atoms with Crippen LogP contribution in [-0.2, 0) is 11.3 Å². The fourth-order valence-electron chi connectivity index (χ4n) is 3.27. The summed E-state index contributed by atoms with van der Waals surface area (Å²) in [5.41, 5.74) is 2.50. The molecule has 31 heavy (non-hydrogen) atoms. The van der Waals surface area contributed by atoms with Crippen LogP contribution in [0.1, 0.15) is 15.9 Å². The van der Waals surface area contributed by atoms with Crippen LogP contribution in [0.2, 0.25) is 0 Å². The molecule has 0 unspecified atom stereocenters. The van der Waals surface area contributed by atoms with Gasteiger partial charge >= 0.3 is 5.97 Å². The van der Waals surface area contributed by atoms with Crippen LogP contribution in [0.25, 0.3) is 17.1 Å². The van der Waals surface area contributed by atoms with Gasteiger partial charge in [0.15, 0.2) is 11.4 Å². The predicted octanol–water partition coefficient (Wildman–Crippen LogP) is 2.94. The first kappa shape index (κ1) is 20.1. The lowest BCUT2D eigenvalue weighted by molar-refractivity contribution is 0.0600. The Hall–Kier alpha value is -4.20. The van der Waals surface area contributed by atoms with Gasteiger partial charge in [0.2, 0.25) is 0 Å². The third-order valence-electron chi connectivity index (χ3n) is 4.73. The molecule has 0 aliphatic heterocycles. The van der Waals surface area contributed by atoms with E-state index >= 15 is 0 Å². The van der Waals surface area contributed by atoms with Gasteiger partial charge in [-0.2, -0.15) is 10.2 Å². The van der Waals surface area contributed by atoms with E-state index in [9.17, 15) is 9.59 Å². The Labute approximate surface area is 178 Å². The predicted molar refractivity (Wildman–Crippen MR) is 114 cm³/mol. The number of esters is 1. The van der Waals surface area contributed by atoms with Gasteiger partial charge in [0.05, 0.1) is 50.1 Å². The van der Waals surface area contributed by atoms with Gasteiger partial charge in [-0.1, -0.05) is 30.3 Å². The average molecular weight is 416 g/mol. The summed E-state index contributed by atoms with van der Waals surface area (Å²) in [5.74, 6) is -0.255. The quantitative estimate of drug-likeness (QED) is 0.449. The highest BCUT2D eigenvalue weighted by atomic mass is 16.5. The Balaban J connectivity index is 1.77. The molecular formula is C23H20N4O4. The molecule has 8 nitrogen and oxygen atoms in total. The van der Waals surface area contributed by atoms with Crippen LogP contribution in [0.15, 0.2) is 77.9 Å². The zero-order valence-corrected chi connectivity index (χ0v) is 17.1. The molecule has 156 valence electrons. The average Bonchev–Trinajstić information content (AvgIpc) is 3.30. The molecule has 0 bridgehead atoms. The molecule has 0 radical (unpaired) electrons. The molecule has 8 heteroatoms. The third kappa shape index (κ3) is 4.09. The first-order valence-corrected chi connectivity index (χ1v) is 9.53. The molecule has 0 aliphatic carbocycles. The lowest BCUT2D eigenvalue weighted by Crippen LogP contribution is -2.19. The SMILES string of the molecule is COC(=O)c1cccc(Cn2cc(OC)c(=O)c(-c3ccnn3-c3ccccc3)n2)c1. The highest BCUT2D eigenvalue weighted by Gasteiger charge is 2.17. The lowest BCUT2D eigenvalue weighted by Gasteiger charge is -2.12. The van der Waals surface area contributed by atoms with Crippen molar-refractivity contribution in [3.05, 3.63) is 94.4 Å². The van der Waals surface area contributed by atoms with E-state index < -0.39 is 5.97 Å². The van der Waals surface area contributed by atoms with E-state index in [1.807, 2.05) is 36.4 Å². The molecule has 2 aromatic carbocycles. The Bertz CT molecular complexity index is 1280. The molecule has 0 saturated carbocycles. The van der Waals surface area contributed by atoms with Gasteiger partial charge in [-0.3, -0.25) is 9.48 Å². The van der Waals surface area contributed by atoms with Crippen molar-refractivity contribution in [3.63, 3.8) is 0 Å². The van der Waals surface area contributed by atoms with Gasteiger partial charge in [-0.25, -0.2) is 9.48 Å². The van der Waals surface area contributed by atoms with Crippen LogP contribution in [0.4, 0.5) is 0 Å². The summed E-state index contributed by atoms with van der Waals surface area (Å²) >= 11 is 0. The zero-order chi connectivity index (χ0) is 21.8. The largest absolute Gasteiger partial charge is 0.491 e. The zero-order valence-electron chi connectivity index (χ0n) is 17.1. The van der Waals surface area contributed by atoms with Crippen LogP contribution in [0, 0.1) is 0 Å². The van der Waals surface area contributed by atoms with Gasteiger partial charge < -0.3 is 9.47 Å². The summed E-state index contributed by atoms with van der Waals surface area (Å²) < 4.78 is 13.4. The number of carbonyl (C=O) groups is 1. The maximum absolute atomic E-state index is 13.0. The van der Waals surface area contributed by atoms with Crippen molar-refractivity contribution in [1.29, 1.82) is 0 Å². The van der Waals surface area contributed by atoms with Crippen molar-refractivity contribution in [3.8, 4) is 22.8 Å². The highest BCUT2D eigenvalue weighted by Crippen LogP contribution is 2.20. The summed E-state index contributed by atoms with van der Waals surface area (Å²) in [5, 5.41) is 8.90. The van der Waals surface area contributed by atoms with Crippen LogP contribution < -0.4 is 10.2 Å². The lowest BCUT2D eigenvalue weighted by atomic mass is 10.1. The second kappa shape index (κ2) is 8.66. The Morgan fingerprint density at radius 3 is 2.58 bits per heavy atom. The minimum absolute atomic E-state index is 0.162. The van der Waals surface area contributed by atoms with E-state index in [4.69, 9.17) is 9.47 Å². The molecular weight excluding hydrogens is 396 g/mol. The smallest absolute Gasteiger partial charge is 0.337 e. The first-order valence-electron chi connectivity index (χ1n) is 9.53. The Morgan fingerprint density at radius 2 is 1.84 bits per heavy atom. The number of benzene rings is 2. The Morgan fingerprint density at radius 1 is 1.03 bits per heavy atom. The molecule has 0 spiro atoms. The minimum atomic E-state index is -0.417. The van der Waals surface area contributed by atoms with E-state index in [0.717, 1.165) is 11.3 Å². The van der Waals surface area contributed by atoms with Crippen LogP contribution >= 0.6 is 0 Å². The van der Waals surface area contributed by atoms with E-state index in [1.165, 1.54) is 14.2 Å². The summed E-state index contributed by atoms with van der Waals surface area (Å²) in [6, 6.07) is 18.3. The molecule has 0 saturated heterocycles.